The summed E-state index contributed by atoms with van der Waals surface area (Å²) < 4.78 is 5.72. The Bertz CT molecular complexity index is 659. The number of aromatic nitrogens is 2. The molecule has 0 fully saturated rings. The normalized spacial score (nSPS) is 10.7. The van der Waals surface area contributed by atoms with E-state index in [1.165, 1.54) is 10.9 Å². The van der Waals surface area contributed by atoms with Crippen molar-refractivity contribution in [3.05, 3.63) is 60.0 Å². The zero-order valence-electron chi connectivity index (χ0n) is 10.2. The maximum Gasteiger partial charge on any atom is 0.138 e. The smallest absolute Gasteiger partial charge is 0.138 e. The van der Waals surface area contributed by atoms with Crippen LogP contribution in [-0.4, -0.2) is 9.97 Å². The van der Waals surface area contributed by atoms with Gasteiger partial charge in [0.25, 0.3) is 0 Å². The molecule has 0 saturated heterocycles. The minimum absolute atomic E-state index is 0.551. The SMILES string of the molecule is Cc1ccc2[nH]cc(COc3cccnc3)c2c1. The van der Waals surface area contributed by atoms with Crippen molar-refractivity contribution >= 4 is 10.9 Å². The number of benzene rings is 1. The number of aryl methyl sites for hydroxylation is 1. The van der Waals surface area contributed by atoms with Crippen LogP contribution in [0.5, 0.6) is 5.75 Å². The number of aromatic amines is 1. The molecule has 1 N–H and O–H groups in total. The Balaban J connectivity index is 1.85. The van der Waals surface area contributed by atoms with Crippen LogP contribution in [0.25, 0.3) is 10.9 Å². The first-order valence-electron chi connectivity index (χ1n) is 5.92. The third-order valence-corrected chi connectivity index (χ3v) is 2.95. The van der Waals surface area contributed by atoms with Crippen molar-refractivity contribution in [2.24, 2.45) is 0 Å². The van der Waals surface area contributed by atoms with Gasteiger partial charge in [-0.05, 0) is 31.2 Å². The van der Waals surface area contributed by atoms with Crippen molar-refractivity contribution in [3.8, 4) is 5.75 Å². The fourth-order valence-electron chi connectivity index (χ4n) is 2.01. The molecule has 2 heterocycles. The molecule has 2 aromatic heterocycles. The topological polar surface area (TPSA) is 37.9 Å². The lowest BCUT2D eigenvalue weighted by Crippen LogP contribution is -1.94. The van der Waals surface area contributed by atoms with Crippen molar-refractivity contribution in [1.82, 2.24) is 9.97 Å². The highest BCUT2D eigenvalue weighted by Gasteiger charge is 2.04. The first-order chi connectivity index (χ1) is 8.83. The standard InChI is InChI=1S/C15H14N2O/c1-11-4-5-15-14(7-11)12(8-17-15)10-18-13-3-2-6-16-9-13/h2-9,17H,10H2,1H3. The molecule has 0 bridgehead atoms. The molecule has 0 saturated carbocycles. The van der Waals surface area contributed by atoms with E-state index in [2.05, 4.69) is 35.1 Å². The highest BCUT2D eigenvalue weighted by molar-refractivity contribution is 5.83. The van der Waals surface area contributed by atoms with E-state index in [1.54, 1.807) is 12.4 Å². The molecule has 3 aromatic rings. The third-order valence-electron chi connectivity index (χ3n) is 2.95. The first-order valence-corrected chi connectivity index (χ1v) is 5.92. The fraction of sp³-hybridized carbons (Fsp3) is 0.133. The van der Waals surface area contributed by atoms with Crippen LogP contribution >= 0.6 is 0 Å². The Kier molecular flexibility index (Phi) is 2.73. The Morgan fingerprint density at radius 1 is 1.28 bits per heavy atom. The number of hydrogen-bond donors (Lipinski definition) is 1. The second-order valence-electron chi connectivity index (χ2n) is 4.34. The lowest BCUT2D eigenvalue weighted by molar-refractivity contribution is 0.306. The van der Waals surface area contributed by atoms with Gasteiger partial charge in [-0.25, -0.2) is 0 Å². The molecule has 0 spiro atoms. The minimum Gasteiger partial charge on any atom is -0.487 e. The highest BCUT2D eigenvalue weighted by atomic mass is 16.5. The van der Waals surface area contributed by atoms with Crippen LogP contribution in [0.1, 0.15) is 11.1 Å². The molecule has 90 valence electrons. The van der Waals surface area contributed by atoms with Crippen LogP contribution < -0.4 is 4.74 Å². The average Bonchev–Trinajstić information content (AvgIpc) is 2.80. The highest BCUT2D eigenvalue weighted by Crippen LogP contribution is 2.21. The summed E-state index contributed by atoms with van der Waals surface area (Å²) in [6.45, 7) is 2.65. The molecule has 0 radical (unpaired) electrons. The van der Waals surface area contributed by atoms with E-state index in [4.69, 9.17) is 4.74 Å². The molecule has 0 atom stereocenters. The van der Waals surface area contributed by atoms with E-state index in [0.29, 0.717) is 6.61 Å². The molecule has 0 amide bonds. The van der Waals surface area contributed by atoms with E-state index in [1.807, 2.05) is 18.3 Å². The summed E-state index contributed by atoms with van der Waals surface area (Å²) in [6.07, 6.45) is 5.46. The zero-order chi connectivity index (χ0) is 12.4. The number of pyridine rings is 1. The molecule has 1 aromatic carbocycles. The number of nitrogens with one attached hydrogen (secondary N) is 1. The van der Waals surface area contributed by atoms with Gasteiger partial charge in [-0.1, -0.05) is 11.6 Å². The largest absolute Gasteiger partial charge is 0.487 e. The average molecular weight is 238 g/mol. The second kappa shape index (κ2) is 4.53. The Hall–Kier alpha value is -2.29. The number of H-pyrrole nitrogens is 1. The molecule has 3 rings (SSSR count). The summed E-state index contributed by atoms with van der Waals surface area (Å²) in [4.78, 5) is 7.28. The summed E-state index contributed by atoms with van der Waals surface area (Å²) in [5.41, 5.74) is 3.56. The number of ether oxygens (including phenoxy) is 1. The van der Waals surface area contributed by atoms with Gasteiger partial charge < -0.3 is 9.72 Å². The van der Waals surface area contributed by atoms with E-state index in [-0.39, 0.29) is 0 Å². The van der Waals surface area contributed by atoms with Crippen molar-refractivity contribution in [1.29, 1.82) is 0 Å². The second-order valence-corrected chi connectivity index (χ2v) is 4.34. The van der Waals surface area contributed by atoms with E-state index >= 15 is 0 Å². The molecule has 18 heavy (non-hydrogen) atoms. The molecular formula is C15H14N2O. The van der Waals surface area contributed by atoms with Crippen molar-refractivity contribution < 1.29 is 4.74 Å². The minimum atomic E-state index is 0.551. The quantitative estimate of drug-likeness (QED) is 0.759. The van der Waals surface area contributed by atoms with Gasteiger partial charge in [0, 0.05) is 28.9 Å². The van der Waals surface area contributed by atoms with Gasteiger partial charge in [-0.2, -0.15) is 0 Å². The Labute approximate surface area is 105 Å². The van der Waals surface area contributed by atoms with Gasteiger partial charge in [0.05, 0.1) is 6.20 Å². The lowest BCUT2D eigenvalue weighted by atomic mass is 10.1. The monoisotopic (exact) mass is 238 g/mol. The number of hydrogen-bond acceptors (Lipinski definition) is 2. The fourth-order valence-corrected chi connectivity index (χ4v) is 2.01. The van der Waals surface area contributed by atoms with Crippen LogP contribution in [0.3, 0.4) is 0 Å². The van der Waals surface area contributed by atoms with Gasteiger partial charge in [-0.3, -0.25) is 4.98 Å². The van der Waals surface area contributed by atoms with Crippen LogP contribution in [0, 0.1) is 6.92 Å². The molecule has 0 aliphatic heterocycles. The number of rotatable bonds is 3. The summed E-state index contributed by atoms with van der Waals surface area (Å²) >= 11 is 0. The molecule has 3 heteroatoms. The van der Waals surface area contributed by atoms with E-state index in [0.717, 1.165) is 16.8 Å². The van der Waals surface area contributed by atoms with E-state index in [9.17, 15) is 0 Å². The molecule has 0 aliphatic rings. The van der Waals surface area contributed by atoms with Gasteiger partial charge >= 0.3 is 0 Å². The van der Waals surface area contributed by atoms with Crippen LogP contribution in [0.2, 0.25) is 0 Å². The van der Waals surface area contributed by atoms with Crippen molar-refractivity contribution in [2.45, 2.75) is 13.5 Å². The lowest BCUT2D eigenvalue weighted by Gasteiger charge is -2.04. The van der Waals surface area contributed by atoms with Gasteiger partial charge in [0.15, 0.2) is 0 Å². The molecule has 0 aliphatic carbocycles. The third kappa shape index (κ3) is 2.07. The van der Waals surface area contributed by atoms with Gasteiger partial charge in [0.2, 0.25) is 0 Å². The van der Waals surface area contributed by atoms with Gasteiger partial charge in [0.1, 0.15) is 12.4 Å². The van der Waals surface area contributed by atoms with Crippen LogP contribution in [0.4, 0.5) is 0 Å². The summed E-state index contributed by atoms with van der Waals surface area (Å²) in [6, 6.07) is 10.2. The van der Waals surface area contributed by atoms with Gasteiger partial charge in [-0.15, -0.1) is 0 Å². The predicted octanol–water partition coefficient (Wildman–Crippen LogP) is 3.45. The summed E-state index contributed by atoms with van der Waals surface area (Å²) in [7, 11) is 0. The number of nitrogens with zero attached hydrogens (tertiary/aromatic N) is 1. The van der Waals surface area contributed by atoms with Crippen molar-refractivity contribution in [3.63, 3.8) is 0 Å². The predicted molar refractivity (Wildman–Crippen MR) is 71.6 cm³/mol. The summed E-state index contributed by atoms with van der Waals surface area (Å²) in [5.74, 6) is 0.791. The van der Waals surface area contributed by atoms with Crippen molar-refractivity contribution in [2.75, 3.05) is 0 Å². The maximum absolute atomic E-state index is 5.72. The van der Waals surface area contributed by atoms with Crippen LogP contribution in [0.15, 0.2) is 48.9 Å². The first kappa shape index (κ1) is 10.8. The Morgan fingerprint density at radius 3 is 3.06 bits per heavy atom. The number of fused-ring (bicyclic) bond motifs is 1. The zero-order valence-corrected chi connectivity index (χ0v) is 10.2. The van der Waals surface area contributed by atoms with E-state index < -0.39 is 0 Å². The molecule has 3 nitrogen and oxygen atoms in total. The Morgan fingerprint density at radius 2 is 2.22 bits per heavy atom. The molecular weight excluding hydrogens is 224 g/mol. The molecule has 0 unspecified atom stereocenters. The maximum atomic E-state index is 5.72. The van der Waals surface area contributed by atoms with Crippen LogP contribution in [-0.2, 0) is 6.61 Å². The summed E-state index contributed by atoms with van der Waals surface area (Å²) in [5, 5.41) is 1.22.